The normalized spacial score (nSPS) is 10.9. The van der Waals surface area contributed by atoms with E-state index in [1.807, 2.05) is 12.1 Å². The zero-order valence-corrected chi connectivity index (χ0v) is 14.5. The summed E-state index contributed by atoms with van der Waals surface area (Å²) in [5, 5.41) is 11.2. The molecule has 0 radical (unpaired) electrons. The first kappa shape index (κ1) is 18.2. The summed E-state index contributed by atoms with van der Waals surface area (Å²) < 4.78 is 5.58. The molecule has 2 aromatic carbocycles. The van der Waals surface area contributed by atoms with Crippen molar-refractivity contribution in [2.75, 3.05) is 0 Å². The number of carbonyl (C=O) groups is 1. The first-order valence-electron chi connectivity index (χ1n) is 7.18. The van der Waals surface area contributed by atoms with E-state index in [9.17, 15) is 14.9 Å². The van der Waals surface area contributed by atoms with Crippen LogP contribution in [0, 0.1) is 10.1 Å². The molecule has 0 N–H and O–H groups in total. The summed E-state index contributed by atoms with van der Waals surface area (Å²) in [5.74, 6) is 0.274. The molecule has 24 heavy (non-hydrogen) atoms. The Balaban J connectivity index is 2.32. The SMILES string of the molecule is CC(C)c1ccc(Oc2ccc(C(=O)C(Cl)Cl)cc2[N+](=O)[O-])cc1. The van der Waals surface area contributed by atoms with Crippen molar-refractivity contribution in [1.82, 2.24) is 0 Å². The number of alkyl halides is 2. The van der Waals surface area contributed by atoms with Crippen molar-refractivity contribution < 1.29 is 14.5 Å². The molecular weight excluding hydrogens is 353 g/mol. The number of Topliss-reactive ketones (excluding diaryl/α,β-unsaturated/α-hetero) is 1. The van der Waals surface area contributed by atoms with Crippen LogP contribution in [0.3, 0.4) is 0 Å². The molecule has 0 heterocycles. The third kappa shape index (κ3) is 4.24. The average Bonchev–Trinajstić information content (AvgIpc) is 2.54. The monoisotopic (exact) mass is 367 g/mol. The molecule has 7 heteroatoms. The first-order chi connectivity index (χ1) is 11.3. The zero-order chi connectivity index (χ0) is 17.9. The number of hydrogen-bond donors (Lipinski definition) is 0. The Kier molecular flexibility index (Phi) is 5.80. The minimum absolute atomic E-state index is 0.0366. The van der Waals surface area contributed by atoms with E-state index < -0.39 is 15.5 Å². The second-order valence-electron chi connectivity index (χ2n) is 5.43. The van der Waals surface area contributed by atoms with E-state index in [0.29, 0.717) is 11.7 Å². The molecule has 0 bridgehead atoms. The molecule has 0 atom stereocenters. The van der Waals surface area contributed by atoms with Gasteiger partial charge in [-0.1, -0.05) is 49.2 Å². The minimum Gasteiger partial charge on any atom is -0.450 e. The van der Waals surface area contributed by atoms with E-state index in [-0.39, 0.29) is 17.0 Å². The summed E-state index contributed by atoms with van der Waals surface area (Å²) in [6.07, 6.45) is 0. The van der Waals surface area contributed by atoms with Crippen LogP contribution < -0.4 is 4.74 Å². The second kappa shape index (κ2) is 7.64. The fourth-order valence-electron chi connectivity index (χ4n) is 2.07. The molecule has 0 aliphatic rings. The molecule has 126 valence electrons. The lowest BCUT2D eigenvalue weighted by Crippen LogP contribution is -2.08. The molecule has 0 fully saturated rings. The molecule has 0 unspecified atom stereocenters. The van der Waals surface area contributed by atoms with Gasteiger partial charge in [-0.15, -0.1) is 0 Å². The van der Waals surface area contributed by atoms with Crippen LogP contribution in [0.15, 0.2) is 42.5 Å². The van der Waals surface area contributed by atoms with Crippen molar-refractivity contribution in [3.05, 3.63) is 63.7 Å². The molecule has 0 spiro atoms. The lowest BCUT2D eigenvalue weighted by atomic mass is 10.0. The van der Waals surface area contributed by atoms with E-state index in [0.717, 1.165) is 11.6 Å². The lowest BCUT2D eigenvalue weighted by Gasteiger charge is -2.10. The Labute approximate surface area is 149 Å². The molecule has 0 aliphatic heterocycles. The fraction of sp³-hybridized carbons (Fsp3) is 0.235. The van der Waals surface area contributed by atoms with Crippen molar-refractivity contribution in [3.8, 4) is 11.5 Å². The summed E-state index contributed by atoms with van der Waals surface area (Å²) in [5.41, 5.74) is 0.857. The quantitative estimate of drug-likeness (QED) is 0.292. The largest absolute Gasteiger partial charge is 0.450 e. The van der Waals surface area contributed by atoms with Gasteiger partial charge in [0, 0.05) is 11.6 Å². The van der Waals surface area contributed by atoms with E-state index in [1.54, 1.807) is 12.1 Å². The van der Waals surface area contributed by atoms with Crippen molar-refractivity contribution >= 4 is 34.7 Å². The van der Waals surface area contributed by atoms with Crippen molar-refractivity contribution in [1.29, 1.82) is 0 Å². The summed E-state index contributed by atoms with van der Waals surface area (Å²) >= 11 is 11.0. The highest BCUT2D eigenvalue weighted by Gasteiger charge is 2.22. The number of ether oxygens (including phenoxy) is 1. The van der Waals surface area contributed by atoms with Gasteiger partial charge in [-0.3, -0.25) is 14.9 Å². The van der Waals surface area contributed by atoms with Gasteiger partial charge in [-0.05, 0) is 35.7 Å². The van der Waals surface area contributed by atoms with Gasteiger partial charge in [-0.2, -0.15) is 0 Å². The van der Waals surface area contributed by atoms with Crippen LogP contribution in [0.2, 0.25) is 0 Å². The van der Waals surface area contributed by atoms with Crippen LogP contribution in [0.5, 0.6) is 11.5 Å². The number of nitro benzene ring substituents is 1. The minimum atomic E-state index is -1.28. The standard InChI is InChI=1S/C17H15Cl2NO4/c1-10(2)11-3-6-13(7-4-11)24-15-8-5-12(16(21)17(18)19)9-14(15)20(22)23/h3-10,17H,1-2H3. The smallest absolute Gasteiger partial charge is 0.312 e. The van der Waals surface area contributed by atoms with Crippen LogP contribution in [0.25, 0.3) is 0 Å². The van der Waals surface area contributed by atoms with Crippen LogP contribution in [0.1, 0.15) is 35.7 Å². The highest BCUT2D eigenvalue weighted by atomic mass is 35.5. The van der Waals surface area contributed by atoms with E-state index in [1.165, 1.54) is 12.1 Å². The van der Waals surface area contributed by atoms with Gasteiger partial charge in [0.1, 0.15) is 5.75 Å². The molecule has 5 nitrogen and oxygen atoms in total. The molecule has 0 amide bonds. The second-order valence-corrected chi connectivity index (χ2v) is 6.53. The maximum atomic E-state index is 11.8. The number of carbonyl (C=O) groups excluding carboxylic acids is 1. The van der Waals surface area contributed by atoms with Gasteiger partial charge in [0.2, 0.25) is 5.75 Å². The Morgan fingerprint density at radius 2 is 1.75 bits per heavy atom. The highest BCUT2D eigenvalue weighted by Crippen LogP contribution is 2.33. The van der Waals surface area contributed by atoms with Crippen LogP contribution in [0.4, 0.5) is 5.69 Å². The van der Waals surface area contributed by atoms with Crippen LogP contribution in [-0.4, -0.2) is 15.5 Å². The number of rotatable bonds is 6. The maximum Gasteiger partial charge on any atom is 0.312 e. The lowest BCUT2D eigenvalue weighted by molar-refractivity contribution is -0.385. The number of ketones is 1. The van der Waals surface area contributed by atoms with Gasteiger partial charge < -0.3 is 4.74 Å². The fourth-order valence-corrected chi connectivity index (χ4v) is 2.33. The Hall–Kier alpha value is -2.11. The van der Waals surface area contributed by atoms with E-state index in [2.05, 4.69) is 13.8 Å². The topological polar surface area (TPSA) is 69.4 Å². The molecule has 2 rings (SSSR count). The third-order valence-corrected chi connectivity index (χ3v) is 3.81. The molecule has 0 aliphatic carbocycles. The van der Waals surface area contributed by atoms with Crippen molar-refractivity contribution in [3.63, 3.8) is 0 Å². The molecular formula is C17H15Cl2NO4. The van der Waals surface area contributed by atoms with E-state index in [4.69, 9.17) is 27.9 Å². The number of nitro groups is 1. The predicted octanol–water partition coefficient (Wildman–Crippen LogP) is 5.50. The summed E-state index contributed by atoms with van der Waals surface area (Å²) in [4.78, 5) is 21.1. The van der Waals surface area contributed by atoms with Gasteiger partial charge in [0.05, 0.1) is 4.92 Å². The summed E-state index contributed by atoms with van der Waals surface area (Å²) in [6, 6.07) is 11.1. The number of halogens is 2. The van der Waals surface area contributed by atoms with Gasteiger partial charge >= 0.3 is 5.69 Å². The molecule has 2 aromatic rings. The Morgan fingerprint density at radius 3 is 2.25 bits per heavy atom. The predicted molar refractivity (Wildman–Crippen MR) is 93.5 cm³/mol. The average molecular weight is 368 g/mol. The van der Waals surface area contributed by atoms with Gasteiger partial charge in [0.25, 0.3) is 0 Å². The van der Waals surface area contributed by atoms with Crippen LogP contribution >= 0.6 is 23.2 Å². The third-order valence-electron chi connectivity index (χ3n) is 3.41. The van der Waals surface area contributed by atoms with Gasteiger partial charge in [-0.25, -0.2) is 0 Å². The summed E-state index contributed by atoms with van der Waals surface area (Å²) in [7, 11) is 0. The number of hydrogen-bond acceptors (Lipinski definition) is 4. The maximum absolute atomic E-state index is 11.8. The Morgan fingerprint density at radius 1 is 1.12 bits per heavy atom. The van der Waals surface area contributed by atoms with Gasteiger partial charge in [0.15, 0.2) is 10.6 Å². The number of benzene rings is 2. The van der Waals surface area contributed by atoms with E-state index >= 15 is 0 Å². The highest BCUT2D eigenvalue weighted by molar-refractivity contribution is 6.55. The molecule has 0 aromatic heterocycles. The molecule has 0 saturated heterocycles. The first-order valence-corrected chi connectivity index (χ1v) is 8.05. The molecule has 0 saturated carbocycles. The zero-order valence-electron chi connectivity index (χ0n) is 13.0. The Bertz CT molecular complexity index is 758. The van der Waals surface area contributed by atoms with Crippen LogP contribution in [-0.2, 0) is 0 Å². The van der Waals surface area contributed by atoms with Crippen molar-refractivity contribution in [2.24, 2.45) is 0 Å². The van der Waals surface area contributed by atoms with Crippen molar-refractivity contribution in [2.45, 2.75) is 24.6 Å². The number of nitrogens with zero attached hydrogens (tertiary/aromatic N) is 1. The summed E-state index contributed by atoms with van der Waals surface area (Å²) in [6.45, 7) is 4.13.